The van der Waals surface area contributed by atoms with Crippen LogP contribution in [0.4, 0.5) is 5.82 Å². The number of carbonyl (C=O) groups excluding carboxylic acids is 1. The van der Waals surface area contributed by atoms with Crippen LogP contribution >= 0.6 is 0 Å². The third-order valence-electron chi connectivity index (χ3n) is 6.75. The Hall–Kier alpha value is -3.67. The van der Waals surface area contributed by atoms with Gasteiger partial charge in [0.15, 0.2) is 5.82 Å². The molecule has 6 nitrogen and oxygen atoms in total. The third-order valence-corrected chi connectivity index (χ3v) is 6.75. The number of amides is 1. The van der Waals surface area contributed by atoms with Crippen molar-refractivity contribution in [1.82, 2.24) is 19.9 Å². The molecular formula is C28H31N5O. The largest absolute Gasteiger partial charge is 0.356 e. The Balaban J connectivity index is 1.24. The van der Waals surface area contributed by atoms with Crippen LogP contribution in [0.15, 0.2) is 67.0 Å². The number of nitrogens with zero attached hydrogens (tertiary/aromatic N) is 4. The summed E-state index contributed by atoms with van der Waals surface area (Å²) in [7, 11) is 0. The van der Waals surface area contributed by atoms with Gasteiger partial charge >= 0.3 is 0 Å². The van der Waals surface area contributed by atoms with Crippen LogP contribution in [0.5, 0.6) is 0 Å². The minimum Gasteiger partial charge on any atom is -0.356 e. The highest BCUT2D eigenvalue weighted by molar-refractivity contribution is 5.80. The molecule has 6 heteroatoms. The minimum absolute atomic E-state index is 0.0578. The van der Waals surface area contributed by atoms with E-state index in [2.05, 4.69) is 60.5 Å². The Kier molecular flexibility index (Phi) is 6.30. The SMILES string of the molecule is Cc1ccc(-c2cc3c(N4CCC(C(=O)NCCc5ccccc5)CC4)nccn3n2)c(C)c1. The molecule has 2 aromatic carbocycles. The fourth-order valence-corrected chi connectivity index (χ4v) is 4.86. The fourth-order valence-electron chi connectivity index (χ4n) is 4.86. The summed E-state index contributed by atoms with van der Waals surface area (Å²) in [5.41, 5.74) is 6.82. The molecule has 1 aliphatic rings. The van der Waals surface area contributed by atoms with E-state index in [1.807, 2.05) is 35.1 Å². The summed E-state index contributed by atoms with van der Waals surface area (Å²) in [6.45, 7) is 6.54. The number of piperidine rings is 1. The second-order valence-corrected chi connectivity index (χ2v) is 9.22. The maximum atomic E-state index is 12.7. The van der Waals surface area contributed by atoms with Crippen LogP contribution in [0.2, 0.25) is 0 Å². The van der Waals surface area contributed by atoms with Gasteiger partial charge in [-0.05, 0) is 50.3 Å². The average molecular weight is 454 g/mol. The maximum absolute atomic E-state index is 12.7. The van der Waals surface area contributed by atoms with Crippen molar-refractivity contribution in [3.63, 3.8) is 0 Å². The van der Waals surface area contributed by atoms with Gasteiger partial charge in [-0.3, -0.25) is 4.79 Å². The molecule has 1 amide bonds. The standard InChI is InChI=1S/C28H31N5O/c1-20-8-9-24(21(2)18-20)25-19-26-27(29-14-17-33(26)31-25)32-15-11-23(12-16-32)28(34)30-13-10-22-6-4-3-5-7-22/h3-9,14,17-19,23H,10-13,15-16H2,1-2H3,(H,30,34). The average Bonchev–Trinajstić information content (AvgIpc) is 3.29. The van der Waals surface area contributed by atoms with Crippen LogP contribution in [0.1, 0.15) is 29.5 Å². The number of benzene rings is 2. The summed E-state index contributed by atoms with van der Waals surface area (Å²) < 4.78 is 1.92. The second-order valence-electron chi connectivity index (χ2n) is 9.22. The zero-order chi connectivity index (χ0) is 23.5. The summed E-state index contributed by atoms with van der Waals surface area (Å²) in [5.74, 6) is 1.17. The topological polar surface area (TPSA) is 62.5 Å². The Labute approximate surface area is 200 Å². The van der Waals surface area contributed by atoms with E-state index in [1.165, 1.54) is 16.7 Å². The minimum atomic E-state index is 0.0578. The summed E-state index contributed by atoms with van der Waals surface area (Å²) in [5, 5.41) is 7.95. The molecule has 0 bridgehead atoms. The van der Waals surface area contributed by atoms with E-state index in [4.69, 9.17) is 10.1 Å². The monoisotopic (exact) mass is 453 g/mol. The predicted octanol–water partition coefficient (Wildman–Crippen LogP) is 4.59. The molecule has 0 aliphatic carbocycles. The molecule has 0 unspecified atom stereocenters. The Morgan fingerprint density at radius 1 is 1.06 bits per heavy atom. The molecule has 0 spiro atoms. The maximum Gasteiger partial charge on any atom is 0.223 e. The van der Waals surface area contributed by atoms with Crippen molar-refractivity contribution < 1.29 is 4.79 Å². The Morgan fingerprint density at radius 3 is 2.62 bits per heavy atom. The van der Waals surface area contributed by atoms with Crippen molar-refractivity contribution in [2.24, 2.45) is 5.92 Å². The molecule has 1 N–H and O–H groups in total. The molecule has 1 aliphatic heterocycles. The number of anilines is 1. The van der Waals surface area contributed by atoms with Crippen molar-refractivity contribution in [1.29, 1.82) is 0 Å². The highest BCUT2D eigenvalue weighted by Crippen LogP contribution is 2.29. The van der Waals surface area contributed by atoms with E-state index in [0.717, 1.165) is 54.9 Å². The van der Waals surface area contributed by atoms with Crippen molar-refractivity contribution in [3.8, 4) is 11.3 Å². The van der Waals surface area contributed by atoms with Gasteiger partial charge < -0.3 is 10.2 Å². The van der Waals surface area contributed by atoms with Gasteiger partial charge in [0, 0.05) is 43.5 Å². The first-order valence-electron chi connectivity index (χ1n) is 12.1. The molecule has 34 heavy (non-hydrogen) atoms. The van der Waals surface area contributed by atoms with Crippen LogP contribution in [0.25, 0.3) is 16.8 Å². The van der Waals surface area contributed by atoms with Gasteiger partial charge in [-0.25, -0.2) is 9.50 Å². The summed E-state index contributed by atoms with van der Waals surface area (Å²) in [6, 6.07) is 18.9. The number of rotatable bonds is 6. The van der Waals surface area contributed by atoms with Crippen molar-refractivity contribution in [2.75, 3.05) is 24.5 Å². The summed E-state index contributed by atoms with van der Waals surface area (Å²) in [6.07, 6.45) is 6.24. The lowest BCUT2D eigenvalue weighted by Gasteiger charge is -2.32. The molecule has 4 aromatic rings. The Morgan fingerprint density at radius 2 is 1.85 bits per heavy atom. The first kappa shape index (κ1) is 22.1. The number of carbonyl (C=O) groups is 1. The quantitative estimate of drug-likeness (QED) is 0.464. The van der Waals surface area contributed by atoms with Gasteiger partial charge in [-0.1, -0.05) is 54.1 Å². The van der Waals surface area contributed by atoms with Crippen LogP contribution in [0, 0.1) is 19.8 Å². The van der Waals surface area contributed by atoms with Crippen LogP contribution < -0.4 is 10.2 Å². The van der Waals surface area contributed by atoms with Gasteiger partial charge in [0.25, 0.3) is 0 Å². The molecule has 2 aromatic heterocycles. The number of aryl methyl sites for hydroxylation is 2. The van der Waals surface area contributed by atoms with Crippen LogP contribution in [-0.4, -0.2) is 40.1 Å². The first-order chi connectivity index (χ1) is 16.6. The lowest BCUT2D eigenvalue weighted by molar-refractivity contribution is -0.125. The highest BCUT2D eigenvalue weighted by atomic mass is 16.1. The molecule has 0 saturated carbocycles. The van der Waals surface area contributed by atoms with E-state index in [9.17, 15) is 4.79 Å². The van der Waals surface area contributed by atoms with Gasteiger partial charge in [-0.2, -0.15) is 5.10 Å². The smallest absolute Gasteiger partial charge is 0.223 e. The second kappa shape index (κ2) is 9.67. The van der Waals surface area contributed by atoms with Gasteiger partial charge in [0.2, 0.25) is 5.91 Å². The van der Waals surface area contributed by atoms with Gasteiger partial charge in [-0.15, -0.1) is 0 Å². The molecule has 0 radical (unpaired) electrons. The fraction of sp³-hybridized carbons (Fsp3) is 0.321. The zero-order valence-electron chi connectivity index (χ0n) is 19.9. The normalized spacial score (nSPS) is 14.5. The lowest BCUT2D eigenvalue weighted by atomic mass is 9.95. The number of aromatic nitrogens is 3. The van der Waals surface area contributed by atoms with E-state index in [-0.39, 0.29) is 11.8 Å². The molecule has 174 valence electrons. The summed E-state index contributed by atoms with van der Waals surface area (Å²) in [4.78, 5) is 19.7. The first-order valence-corrected chi connectivity index (χ1v) is 12.1. The number of hydrogen-bond acceptors (Lipinski definition) is 4. The van der Waals surface area contributed by atoms with Crippen LogP contribution in [-0.2, 0) is 11.2 Å². The van der Waals surface area contributed by atoms with E-state index in [1.54, 1.807) is 0 Å². The van der Waals surface area contributed by atoms with Crippen molar-refractivity contribution in [2.45, 2.75) is 33.1 Å². The summed E-state index contributed by atoms with van der Waals surface area (Å²) >= 11 is 0. The van der Waals surface area contributed by atoms with E-state index < -0.39 is 0 Å². The zero-order valence-corrected chi connectivity index (χ0v) is 19.9. The number of hydrogen-bond donors (Lipinski definition) is 1. The van der Waals surface area contributed by atoms with Crippen LogP contribution in [0.3, 0.4) is 0 Å². The third kappa shape index (κ3) is 4.67. The Bertz CT molecular complexity index is 1290. The molecule has 1 saturated heterocycles. The molecule has 1 fully saturated rings. The van der Waals surface area contributed by atoms with Crippen molar-refractivity contribution in [3.05, 3.63) is 83.7 Å². The number of nitrogens with one attached hydrogen (secondary N) is 1. The van der Waals surface area contributed by atoms with E-state index in [0.29, 0.717) is 6.54 Å². The lowest BCUT2D eigenvalue weighted by Crippen LogP contribution is -2.41. The molecule has 5 rings (SSSR count). The predicted molar refractivity (Wildman–Crippen MR) is 136 cm³/mol. The molecule has 0 atom stereocenters. The van der Waals surface area contributed by atoms with Crippen molar-refractivity contribution >= 4 is 17.2 Å². The molecular weight excluding hydrogens is 422 g/mol. The molecule has 3 heterocycles. The van der Waals surface area contributed by atoms with E-state index >= 15 is 0 Å². The van der Waals surface area contributed by atoms with Gasteiger partial charge in [0.1, 0.15) is 5.52 Å². The van der Waals surface area contributed by atoms with Gasteiger partial charge in [0.05, 0.1) is 5.69 Å². The highest BCUT2D eigenvalue weighted by Gasteiger charge is 2.26. The number of fused-ring (bicyclic) bond motifs is 1.